The van der Waals surface area contributed by atoms with E-state index in [2.05, 4.69) is 46.4 Å². The fourth-order valence-electron chi connectivity index (χ4n) is 4.07. The predicted molar refractivity (Wildman–Crippen MR) is 85.3 cm³/mol. The summed E-state index contributed by atoms with van der Waals surface area (Å²) in [6, 6.07) is 0.692. The van der Waals surface area contributed by atoms with Gasteiger partial charge in [-0.2, -0.15) is 0 Å². The van der Waals surface area contributed by atoms with Crippen molar-refractivity contribution in [2.24, 2.45) is 23.5 Å². The second kappa shape index (κ2) is 7.08. The summed E-state index contributed by atoms with van der Waals surface area (Å²) in [5.74, 6) is 2.25. The van der Waals surface area contributed by atoms with Gasteiger partial charge in [0.15, 0.2) is 0 Å². The summed E-state index contributed by atoms with van der Waals surface area (Å²) < 4.78 is 0. The van der Waals surface area contributed by atoms with E-state index in [1.807, 2.05) is 0 Å². The van der Waals surface area contributed by atoms with Crippen LogP contribution in [0.5, 0.6) is 0 Å². The number of nitrogens with two attached hydrogens (primary N) is 1. The Kier molecular flexibility index (Phi) is 6.32. The highest BCUT2D eigenvalue weighted by Crippen LogP contribution is 2.36. The zero-order valence-corrected chi connectivity index (χ0v) is 14.1. The van der Waals surface area contributed by atoms with Gasteiger partial charge in [-0.25, -0.2) is 0 Å². The molecule has 1 fully saturated rings. The van der Waals surface area contributed by atoms with Gasteiger partial charge in [0.25, 0.3) is 0 Å². The molecule has 2 N–H and O–H groups in total. The lowest BCUT2D eigenvalue weighted by Crippen LogP contribution is -2.61. The van der Waals surface area contributed by atoms with E-state index in [-0.39, 0.29) is 5.54 Å². The summed E-state index contributed by atoms with van der Waals surface area (Å²) in [4.78, 5) is 2.77. The second-order valence-corrected chi connectivity index (χ2v) is 7.81. The van der Waals surface area contributed by atoms with Crippen LogP contribution in [0, 0.1) is 17.8 Å². The van der Waals surface area contributed by atoms with E-state index in [0.29, 0.717) is 17.9 Å². The number of piperidine rings is 1. The molecule has 0 radical (unpaired) electrons. The number of rotatable bonds is 6. The summed E-state index contributed by atoms with van der Waals surface area (Å²) in [6.07, 6.45) is 5.18. The van der Waals surface area contributed by atoms with Gasteiger partial charge in [0.05, 0.1) is 0 Å². The van der Waals surface area contributed by atoms with Crippen LogP contribution in [0.3, 0.4) is 0 Å². The molecule has 2 unspecified atom stereocenters. The van der Waals surface area contributed by atoms with Crippen LogP contribution in [0.2, 0.25) is 0 Å². The maximum absolute atomic E-state index is 6.30. The fraction of sp³-hybridized carbons (Fsp3) is 1.00. The Morgan fingerprint density at radius 1 is 1.05 bits per heavy atom. The van der Waals surface area contributed by atoms with Crippen LogP contribution < -0.4 is 5.73 Å². The number of nitrogens with zero attached hydrogens (tertiary/aromatic N) is 1. The van der Waals surface area contributed by atoms with E-state index < -0.39 is 0 Å². The largest absolute Gasteiger partial charge is 0.329 e. The van der Waals surface area contributed by atoms with Gasteiger partial charge in [-0.15, -0.1) is 0 Å². The van der Waals surface area contributed by atoms with Crippen molar-refractivity contribution in [2.45, 2.75) is 78.8 Å². The zero-order chi connectivity index (χ0) is 14.6. The fourth-order valence-corrected chi connectivity index (χ4v) is 4.07. The van der Waals surface area contributed by atoms with Crippen LogP contribution in [0.4, 0.5) is 0 Å². The van der Waals surface area contributed by atoms with E-state index in [1.165, 1.54) is 32.2 Å². The van der Waals surface area contributed by atoms with Crippen LogP contribution in [0.25, 0.3) is 0 Å². The normalized spacial score (nSPS) is 26.4. The van der Waals surface area contributed by atoms with E-state index >= 15 is 0 Å². The highest BCUT2D eigenvalue weighted by Gasteiger charge is 2.41. The third-order valence-electron chi connectivity index (χ3n) is 4.68. The molecule has 1 aliphatic heterocycles. The van der Waals surface area contributed by atoms with Gasteiger partial charge in [0.1, 0.15) is 0 Å². The first-order valence-electron chi connectivity index (χ1n) is 8.27. The molecule has 1 aliphatic rings. The van der Waals surface area contributed by atoms with Gasteiger partial charge in [0.2, 0.25) is 0 Å². The monoisotopic (exact) mass is 268 g/mol. The first kappa shape index (κ1) is 17.0. The van der Waals surface area contributed by atoms with E-state index in [1.54, 1.807) is 0 Å². The number of hydrogen-bond acceptors (Lipinski definition) is 2. The van der Waals surface area contributed by atoms with Gasteiger partial charge < -0.3 is 5.73 Å². The standard InChI is InChI=1S/C17H36N2/c1-13(2)9-17(12-18,10-14(3)4)19-11-15(5)7-8-16(19)6/h13-16H,7-12,18H2,1-6H3. The molecular weight excluding hydrogens is 232 g/mol. The van der Waals surface area contributed by atoms with Crippen molar-refractivity contribution in [1.29, 1.82) is 0 Å². The Bertz CT molecular complexity index is 250. The summed E-state index contributed by atoms with van der Waals surface area (Å²) in [5.41, 5.74) is 6.52. The zero-order valence-electron chi connectivity index (χ0n) is 14.1. The smallest absolute Gasteiger partial charge is 0.0339 e. The second-order valence-electron chi connectivity index (χ2n) is 7.81. The minimum absolute atomic E-state index is 0.219. The van der Waals surface area contributed by atoms with E-state index in [9.17, 15) is 0 Å². The molecule has 0 aromatic heterocycles. The summed E-state index contributed by atoms with van der Waals surface area (Å²) in [5, 5.41) is 0. The topological polar surface area (TPSA) is 29.3 Å². The molecule has 1 rings (SSSR count). The predicted octanol–water partition coefficient (Wildman–Crippen LogP) is 3.90. The summed E-state index contributed by atoms with van der Waals surface area (Å²) in [6.45, 7) is 16.2. The minimum Gasteiger partial charge on any atom is -0.329 e. The molecule has 0 bridgehead atoms. The molecule has 19 heavy (non-hydrogen) atoms. The van der Waals surface area contributed by atoms with Crippen molar-refractivity contribution in [3.63, 3.8) is 0 Å². The van der Waals surface area contributed by atoms with E-state index in [0.717, 1.165) is 12.5 Å². The van der Waals surface area contributed by atoms with Crippen LogP contribution in [0.15, 0.2) is 0 Å². The quantitative estimate of drug-likeness (QED) is 0.791. The van der Waals surface area contributed by atoms with Crippen molar-refractivity contribution >= 4 is 0 Å². The number of likely N-dealkylation sites (tertiary alicyclic amines) is 1. The molecule has 2 nitrogen and oxygen atoms in total. The van der Waals surface area contributed by atoms with Crippen LogP contribution in [-0.4, -0.2) is 29.6 Å². The van der Waals surface area contributed by atoms with E-state index in [4.69, 9.17) is 5.73 Å². The Morgan fingerprint density at radius 3 is 2.00 bits per heavy atom. The van der Waals surface area contributed by atoms with Gasteiger partial charge in [-0.05, 0) is 50.4 Å². The lowest BCUT2D eigenvalue weighted by atomic mass is 9.77. The first-order valence-corrected chi connectivity index (χ1v) is 8.27. The lowest BCUT2D eigenvalue weighted by molar-refractivity contribution is -0.0147. The molecule has 114 valence electrons. The average molecular weight is 268 g/mol. The van der Waals surface area contributed by atoms with Crippen molar-refractivity contribution in [1.82, 2.24) is 4.90 Å². The van der Waals surface area contributed by atoms with Crippen molar-refractivity contribution in [3.05, 3.63) is 0 Å². The molecule has 0 spiro atoms. The molecule has 2 heteroatoms. The maximum atomic E-state index is 6.30. The third kappa shape index (κ3) is 4.46. The third-order valence-corrected chi connectivity index (χ3v) is 4.68. The van der Waals surface area contributed by atoms with Crippen LogP contribution in [0.1, 0.15) is 67.2 Å². The van der Waals surface area contributed by atoms with Gasteiger partial charge in [0, 0.05) is 24.7 Å². The molecule has 1 heterocycles. The molecule has 2 atom stereocenters. The Labute approximate surface area is 121 Å². The summed E-state index contributed by atoms with van der Waals surface area (Å²) >= 11 is 0. The molecule has 0 saturated carbocycles. The van der Waals surface area contributed by atoms with Crippen LogP contribution >= 0.6 is 0 Å². The Morgan fingerprint density at radius 2 is 1.58 bits per heavy atom. The Hall–Kier alpha value is -0.0800. The SMILES string of the molecule is CC(C)CC(CN)(CC(C)C)N1CC(C)CCC1C. The lowest BCUT2D eigenvalue weighted by Gasteiger charge is -2.52. The highest BCUT2D eigenvalue weighted by atomic mass is 15.2. The average Bonchev–Trinajstić information content (AvgIpc) is 2.30. The van der Waals surface area contributed by atoms with Crippen molar-refractivity contribution in [2.75, 3.05) is 13.1 Å². The van der Waals surface area contributed by atoms with Gasteiger partial charge in [-0.3, -0.25) is 4.90 Å². The van der Waals surface area contributed by atoms with Gasteiger partial charge in [-0.1, -0.05) is 34.6 Å². The van der Waals surface area contributed by atoms with Crippen molar-refractivity contribution < 1.29 is 0 Å². The Balaban J connectivity index is 2.97. The molecule has 0 aliphatic carbocycles. The molecule has 1 saturated heterocycles. The highest BCUT2D eigenvalue weighted by molar-refractivity contribution is 4.97. The number of hydrogen-bond donors (Lipinski definition) is 1. The summed E-state index contributed by atoms with van der Waals surface area (Å²) in [7, 11) is 0. The first-order chi connectivity index (χ1) is 8.80. The van der Waals surface area contributed by atoms with Crippen LogP contribution in [-0.2, 0) is 0 Å². The minimum atomic E-state index is 0.219. The molecule has 0 aromatic carbocycles. The van der Waals surface area contributed by atoms with Gasteiger partial charge >= 0.3 is 0 Å². The molecule has 0 aromatic rings. The molecule has 0 amide bonds. The maximum Gasteiger partial charge on any atom is 0.0339 e. The van der Waals surface area contributed by atoms with Crippen molar-refractivity contribution in [3.8, 4) is 0 Å². The molecular formula is C17H36N2.